The van der Waals surface area contributed by atoms with Gasteiger partial charge in [-0.3, -0.25) is 10.1 Å². The van der Waals surface area contributed by atoms with Gasteiger partial charge in [0.1, 0.15) is 6.61 Å². The Bertz CT molecular complexity index is 487. The summed E-state index contributed by atoms with van der Waals surface area (Å²) in [7, 11) is 2.06. The number of hydrogen-bond acceptors (Lipinski definition) is 5. The number of nitrogens with zero attached hydrogens (tertiary/aromatic N) is 2. The highest BCUT2D eigenvalue weighted by Crippen LogP contribution is 2.27. The fourth-order valence-electron chi connectivity index (χ4n) is 2.98. The highest BCUT2D eigenvalue weighted by molar-refractivity contribution is 5.45. The summed E-state index contributed by atoms with van der Waals surface area (Å²) >= 11 is 0. The number of aliphatic hydroxyl groups excluding tert-OH is 1. The molecule has 0 atom stereocenters. The van der Waals surface area contributed by atoms with Gasteiger partial charge in [0.2, 0.25) is 0 Å². The lowest BCUT2D eigenvalue weighted by Crippen LogP contribution is -2.38. The second-order valence-electron chi connectivity index (χ2n) is 5.91. The van der Waals surface area contributed by atoms with Gasteiger partial charge in [-0.1, -0.05) is 12.1 Å². The number of nitro groups is 1. The first-order valence-electron chi connectivity index (χ1n) is 7.79. The molecule has 0 aromatic heterocycles. The quantitative estimate of drug-likeness (QED) is 0.618. The maximum Gasteiger partial charge on any atom is 0.310 e. The molecule has 0 bridgehead atoms. The zero-order valence-electron chi connectivity index (χ0n) is 13.0. The Labute approximate surface area is 130 Å². The molecular formula is C16H24N2O4. The standard InChI is InChI=1S/C16H24N2O4/c1-17(14-8-6-13(12-19)7-9-14)10-11-22-16-5-3-2-4-15(16)18(20)21/h2-5,13-14,19H,6-12H2,1H3. The van der Waals surface area contributed by atoms with Crippen molar-refractivity contribution in [3.05, 3.63) is 34.4 Å². The second kappa shape index (κ2) is 8.10. The van der Waals surface area contributed by atoms with Crippen LogP contribution in [0.3, 0.4) is 0 Å². The van der Waals surface area contributed by atoms with Crippen molar-refractivity contribution in [2.75, 3.05) is 26.8 Å². The lowest BCUT2D eigenvalue weighted by Gasteiger charge is -2.34. The van der Waals surface area contributed by atoms with Crippen LogP contribution in [-0.2, 0) is 0 Å². The molecule has 0 spiro atoms. The maximum absolute atomic E-state index is 10.9. The number of likely N-dealkylation sites (N-methyl/N-ethyl adjacent to an activating group) is 1. The molecule has 1 N–H and O–H groups in total. The molecule has 1 aliphatic rings. The minimum atomic E-state index is -0.421. The van der Waals surface area contributed by atoms with Crippen molar-refractivity contribution in [1.29, 1.82) is 0 Å². The smallest absolute Gasteiger partial charge is 0.310 e. The minimum Gasteiger partial charge on any atom is -0.485 e. The van der Waals surface area contributed by atoms with Crippen molar-refractivity contribution in [1.82, 2.24) is 4.90 Å². The van der Waals surface area contributed by atoms with E-state index in [2.05, 4.69) is 11.9 Å². The average molecular weight is 308 g/mol. The van der Waals surface area contributed by atoms with E-state index in [1.54, 1.807) is 18.2 Å². The zero-order chi connectivity index (χ0) is 15.9. The molecule has 1 aliphatic carbocycles. The van der Waals surface area contributed by atoms with Crippen molar-refractivity contribution < 1.29 is 14.8 Å². The molecule has 6 heteroatoms. The molecular weight excluding hydrogens is 284 g/mol. The molecule has 0 aliphatic heterocycles. The number of para-hydroxylation sites is 2. The van der Waals surface area contributed by atoms with Crippen LogP contribution in [0.5, 0.6) is 5.75 Å². The van der Waals surface area contributed by atoms with Crippen molar-refractivity contribution in [3.8, 4) is 5.75 Å². The van der Waals surface area contributed by atoms with Gasteiger partial charge in [0.25, 0.3) is 0 Å². The SMILES string of the molecule is CN(CCOc1ccccc1[N+](=O)[O-])C1CCC(CO)CC1. The van der Waals surface area contributed by atoms with Crippen molar-refractivity contribution in [3.63, 3.8) is 0 Å². The van der Waals surface area contributed by atoms with E-state index in [0.29, 0.717) is 24.3 Å². The Morgan fingerprint density at radius 2 is 2.00 bits per heavy atom. The summed E-state index contributed by atoms with van der Waals surface area (Å²) in [5.41, 5.74) is 0.00797. The van der Waals surface area contributed by atoms with Crippen molar-refractivity contribution in [2.45, 2.75) is 31.7 Å². The number of rotatable bonds is 7. The van der Waals surface area contributed by atoms with Crippen LogP contribution in [0.25, 0.3) is 0 Å². The summed E-state index contributed by atoms with van der Waals surface area (Å²) in [6.45, 7) is 1.46. The van der Waals surface area contributed by atoms with E-state index in [1.807, 2.05) is 0 Å². The van der Waals surface area contributed by atoms with Crippen LogP contribution < -0.4 is 4.74 Å². The normalized spacial score (nSPS) is 21.8. The number of hydrogen-bond donors (Lipinski definition) is 1. The minimum absolute atomic E-state index is 0.00797. The van der Waals surface area contributed by atoms with Crippen LogP contribution in [0.1, 0.15) is 25.7 Å². The highest BCUT2D eigenvalue weighted by atomic mass is 16.6. The van der Waals surface area contributed by atoms with E-state index in [1.165, 1.54) is 6.07 Å². The summed E-state index contributed by atoms with van der Waals surface area (Å²) in [6.07, 6.45) is 4.31. The van der Waals surface area contributed by atoms with E-state index in [0.717, 1.165) is 32.2 Å². The first-order chi connectivity index (χ1) is 10.6. The molecule has 2 rings (SSSR count). The third kappa shape index (κ3) is 4.42. The van der Waals surface area contributed by atoms with Gasteiger partial charge < -0.3 is 14.7 Å². The van der Waals surface area contributed by atoms with Gasteiger partial charge >= 0.3 is 5.69 Å². The Kier molecular flexibility index (Phi) is 6.15. The van der Waals surface area contributed by atoms with Crippen LogP contribution in [-0.4, -0.2) is 47.8 Å². The third-order valence-corrected chi connectivity index (χ3v) is 4.46. The first kappa shape index (κ1) is 16.7. The van der Waals surface area contributed by atoms with Crippen molar-refractivity contribution >= 4 is 5.69 Å². The molecule has 0 heterocycles. The van der Waals surface area contributed by atoms with Crippen LogP contribution >= 0.6 is 0 Å². The molecule has 0 radical (unpaired) electrons. The molecule has 0 amide bonds. The van der Waals surface area contributed by atoms with Gasteiger partial charge in [0, 0.05) is 25.3 Å². The first-order valence-corrected chi connectivity index (χ1v) is 7.79. The van der Waals surface area contributed by atoms with E-state index < -0.39 is 4.92 Å². The summed E-state index contributed by atoms with van der Waals surface area (Å²) in [5, 5.41) is 20.1. The largest absolute Gasteiger partial charge is 0.485 e. The van der Waals surface area contributed by atoms with E-state index in [4.69, 9.17) is 9.84 Å². The van der Waals surface area contributed by atoms with Gasteiger partial charge in [-0.2, -0.15) is 0 Å². The van der Waals surface area contributed by atoms with Gasteiger partial charge in [-0.25, -0.2) is 0 Å². The van der Waals surface area contributed by atoms with Gasteiger partial charge in [0.05, 0.1) is 4.92 Å². The molecule has 1 aromatic rings. The Morgan fingerprint density at radius 3 is 2.64 bits per heavy atom. The van der Waals surface area contributed by atoms with E-state index in [-0.39, 0.29) is 12.3 Å². The summed E-state index contributed by atoms with van der Waals surface area (Å²) in [5.74, 6) is 0.776. The van der Waals surface area contributed by atoms with Gasteiger partial charge in [-0.05, 0) is 44.7 Å². The number of aliphatic hydroxyl groups is 1. The molecule has 122 valence electrons. The molecule has 0 unspecified atom stereocenters. The fraction of sp³-hybridized carbons (Fsp3) is 0.625. The number of nitro benzene ring substituents is 1. The van der Waals surface area contributed by atoms with E-state index in [9.17, 15) is 10.1 Å². The topological polar surface area (TPSA) is 75.8 Å². The molecule has 6 nitrogen and oxygen atoms in total. The molecule has 1 fully saturated rings. The summed E-state index contributed by atoms with van der Waals surface area (Å²) < 4.78 is 5.58. The summed E-state index contributed by atoms with van der Waals surface area (Å²) in [6, 6.07) is 6.97. The Balaban J connectivity index is 1.78. The maximum atomic E-state index is 10.9. The van der Waals surface area contributed by atoms with Crippen LogP contribution in [0.4, 0.5) is 5.69 Å². The molecule has 0 saturated heterocycles. The molecule has 1 aromatic carbocycles. The third-order valence-electron chi connectivity index (χ3n) is 4.46. The van der Waals surface area contributed by atoms with Gasteiger partial charge in [0.15, 0.2) is 5.75 Å². The lowest BCUT2D eigenvalue weighted by molar-refractivity contribution is -0.385. The van der Waals surface area contributed by atoms with Crippen LogP contribution in [0.2, 0.25) is 0 Å². The Morgan fingerprint density at radius 1 is 1.32 bits per heavy atom. The number of benzene rings is 1. The Hall–Kier alpha value is -1.66. The van der Waals surface area contributed by atoms with Crippen LogP contribution in [0.15, 0.2) is 24.3 Å². The number of ether oxygens (including phenoxy) is 1. The fourth-order valence-corrected chi connectivity index (χ4v) is 2.98. The average Bonchev–Trinajstić information content (AvgIpc) is 2.55. The van der Waals surface area contributed by atoms with Crippen molar-refractivity contribution in [2.24, 2.45) is 5.92 Å². The lowest BCUT2D eigenvalue weighted by atomic mass is 9.86. The van der Waals surface area contributed by atoms with E-state index >= 15 is 0 Å². The predicted molar refractivity (Wildman–Crippen MR) is 84.1 cm³/mol. The van der Waals surface area contributed by atoms with Crippen LogP contribution in [0, 0.1) is 16.0 Å². The van der Waals surface area contributed by atoms with Gasteiger partial charge in [-0.15, -0.1) is 0 Å². The highest BCUT2D eigenvalue weighted by Gasteiger charge is 2.23. The second-order valence-corrected chi connectivity index (χ2v) is 5.91. The monoisotopic (exact) mass is 308 g/mol. The zero-order valence-corrected chi connectivity index (χ0v) is 13.0. The summed E-state index contributed by atoms with van der Waals surface area (Å²) in [4.78, 5) is 12.8. The molecule has 22 heavy (non-hydrogen) atoms. The predicted octanol–water partition coefficient (Wildman–Crippen LogP) is 2.46. The molecule has 1 saturated carbocycles.